The standard InChI is InChI=1S/C24H24N2O6/c1-30-26-19-10-6-5-9-17(19)24(22(26)28)12-18(16-11-20(27)21(24)31-14-16)25-23(29)32-13-15-7-3-2-4-8-15/h2-10,16,18,21H,11-14H2,1H3,(H,25,29)/t16?,18-,21?,24?/m0/s1. The number of para-hydroxylation sites is 1. The van der Waals surface area contributed by atoms with Gasteiger partial charge in [-0.05, 0) is 23.6 Å². The van der Waals surface area contributed by atoms with Crippen molar-refractivity contribution in [3.8, 4) is 0 Å². The second-order valence-electron chi connectivity index (χ2n) is 8.43. The van der Waals surface area contributed by atoms with Gasteiger partial charge in [0.05, 0.1) is 19.4 Å². The van der Waals surface area contributed by atoms with Crippen molar-refractivity contribution in [2.75, 3.05) is 18.8 Å². The molecule has 1 aliphatic carbocycles. The van der Waals surface area contributed by atoms with Gasteiger partial charge in [0.2, 0.25) is 0 Å². The molecule has 0 radical (unpaired) electrons. The first-order chi connectivity index (χ1) is 15.5. The highest BCUT2D eigenvalue weighted by atomic mass is 16.7. The number of nitrogens with zero attached hydrogens (tertiary/aromatic N) is 1. The second kappa shape index (κ2) is 8.03. The summed E-state index contributed by atoms with van der Waals surface area (Å²) in [5.41, 5.74) is 0.881. The molecular weight excluding hydrogens is 412 g/mol. The van der Waals surface area contributed by atoms with Crippen LogP contribution >= 0.6 is 0 Å². The van der Waals surface area contributed by atoms with Crippen LogP contribution in [0, 0.1) is 5.92 Å². The van der Waals surface area contributed by atoms with E-state index in [0.29, 0.717) is 11.3 Å². The van der Waals surface area contributed by atoms with Gasteiger partial charge in [-0.25, -0.2) is 4.79 Å². The van der Waals surface area contributed by atoms with Gasteiger partial charge >= 0.3 is 6.09 Å². The first kappa shape index (κ1) is 20.7. The lowest BCUT2D eigenvalue weighted by Crippen LogP contribution is -2.53. The number of ketones is 1. The number of hydrogen-bond acceptors (Lipinski definition) is 6. The first-order valence-corrected chi connectivity index (χ1v) is 10.6. The monoisotopic (exact) mass is 436 g/mol. The Balaban J connectivity index is 1.44. The van der Waals surface area contributed by atoms with E-state index >= 15 is 0 Å². The molecule has 1 N–H and O–H groups in total. The van der Waals surface area contributed by atoms with Gasteiger partial charge in [-0.15, -0.1) is 0 Å². The van der Waals surface area contributed by atoms with Crippen LogP contribution in [-0.2, 0) is 35.9 Å². The van der Waals surface area contributed by atoms with E-state index in [1.807, 2.05) is 48.5 Å². The van der Waals surface area contributed by atoms with Gasteiger partial charge in [-0.3, -0.25) is 14.4 Å². The van der Waals surface area contributed by atoms with Crippen LogP contribution in [0.3, 0.4) is 0 Å². The zero-order valence-corrected chi connectivity index (χ0v) is 17.7. The van der Waals surface area contributed by atoms with Crippen LogP contribution in [0.2, 0.25) is 0 Å². The van der Waals surface area contributed by atoms with Crippen molar-refractivity contribution in [3.63, 3.8) is 0 Å². The van der Waals surface area contributed by atoms with Crippen LogP contribution in [0.25, 0.3) is 0 Å². The van der Waals surface area contributed by atoms with E-state index in [2.05, 4.69) is 5.32 Å². The summed E-state index contributed by atoms with van der Waals surface area (Å²) >= 11 is 0. The van der Waals surface area contributed by atoms with Crippen molar-refractivity contribution in [3.05, 3.63) is 65.7 Å². The van der Waals surface area contributed by atoms with E-state index in [9.17, 15) is 14.4 Å². The predicted molar refractivity (Wildman–Crippen MR) is 114 cm³/mol. The number of rotatable bonds is 4. The topological polar surface area (TPSA) is 94.2 Å². The molecule has 166 valence electrons. The number of fused-ring (bicyclic) bond motifs is 4. The number of hydrogen-bond donors (Lipinski definition) is 1. The largest absolute Gasteiger partial charge is 0.445 e. The minimum Gasteiger partial charge on any atom is -0.445 e. The molecule has 2 aromatic carbocycles. The van der Waals surface area contributed by atoms with E-state index in [0.717, 1.165) is 5.56 Å². The van der Waals surface area contributed by atoms with Gasteiger partial charge in [0.1, 0.15) is 18.1 Å². The van der Waals surface area contributed by atoms with Gasteiger partial charge in [0.25, 0.3) is 5.91 Å². The van der Waals surface area contributed by atoms with Crippen molar-refractivity contribution in [1.29, 1.82) is 0 Å². The number of ether oxygens (including phenoxy) is 2. The number of hydroxylamine groups is 1. The summed E-state index contributed by atoms with van der Waals surface area (Å²) in [7, 11) is 1.42. The Kier molecular flexibility index (Phi) is 5.19. The molecule has 4 atom stereocenters. The van der Waals surface area contributed by atoms with E-state index in [4.69, 9.17) is 14.3 Å². The average Bonchev–Trinajstić information content (AvgIpc) is 2.90. The molecule has 4 aliphatic rings. The molecule has 32 heavy (non-hydrogen) atoms. The lowest BCUT2D eigenvalue weighted by atomic mass is 9.72. The zero-order valence-electron chi connectivity index (χ0n) is 17.7. The second-order valence-corrected chi connectivity index (χ2v) is 8.43. The molecule has 2 amide bonds. The molecule has 8 heteroatoms. The number of carbonyl (C=O) groups excluding carboxylic acids is 3. The molecule has 3 aliphatic heterocycles. The third-order valence-electron chi connectivity index (χ3n) is 6.66. The third-order valence-corrected chi connectivity index (χ3v) is 6.66. The maximum atomic E-state index is 13.6. The summed E-state index contributed by atoms with van der Waals surface area (Å²) in [6.07, 6.45) is -1.04. The SMILES string of the molecule is CON1C(=O)C2(C[C@H](NC(=O)OCc3ccccc3)C3COC2C(=O)C3)c2ccccc21. The Labute approximate surface area is 185 Å². The number of alkyl carbamates (subject to hydrolysis) is 1. The van der Waals surface area contributed by atoms with Crippen molar-refractivity contribution in [2.24, 2.45) is 5.92 Å². The van der Waals surface area contributed by atoms with Crippen LogP contribution in [0.1, 0.15) is 24.0 Å². The van der Waals surface area contributed by atoms with Gasteiger partial charge in [-0.1, -0.05) is 48.5 Å². The van der Waals surface area contributed by atoms with E-state index in [-0.39, 0.29) is 43.7 Å². The van der Waals surface area contributed by atoms with Crippen LogP contribution in [0.4, 0.5) is 10.5 Å². The normalized spacial score (nSPS) is 28.5. The lowest BCUT2D eigenvalue weighted by Gasteiger charge is -2.34. The van der Waals surface area contributed by atoms with Gasteiger partial charge in [0, 0.05) is 18.4 Å². The summed E-state index contributed by atoms with van der Waals surface area (Å²) in [6.45, 7) is 0.413. The number of nitrogens with one attached hydrogen (secondary N) is 1. The highest BCUT2D eigenvalue weighted by Crippen LogP contribution is 2.52. The Morgan fingerprint density at radius 3 is 2.66 bits per heavy atom. The Morgan fingerprint density at radius 1 is 1.16 bits per heavy atom. The molecule has 0 aromatic heterocycles. The van der Waals surface area contributed by atoms with Crippen molar-refractivity contribution in [1.82, 2.24) is 5.32 Å². The van der Waals surface area contributed by atoms with E-state index in [1.54, 1.807) is 6.07 Å². The molecular formula is C24H24N2O6. The smallest absolute Gasteiger partial charge is 0.407 e. The van der Waals surface area contributed by atoms with Gasteiger partial charge < -0.3 is 14.8 Å². The summed E-state index contributed by atoms with van der Waals surface area (Å²) in [5.74, 6) is -0.727. The minimum absolute atomic E-state index is 0.131. The minimum atomic E-state index is -1.26. The fourth-order valence-corrected chi connectivity index (χ4v) is 5.18. The molecule has 6 rings (SSSR count). The number of benzene rings is 2. The molecule has 3 fully saturated rings. The summed E-state index contributed by atoms with van der Waals surface area (Å²) < 4.78 is 11.4. The first-order valence-electron chi connectivity index (χ1n) is 10.6. The van der Waals surface area contributed by atoms with Gasteiger partial charge in [-0.2, -0.15) is 5.06 Å². The average molecular weight is 436 g/mol. The molecule has 1 spiro atoms. The summed E-state index contributed by atoms with van der Waals surface area (Å²) in [6, 6.07) is 16.2. The molecule has 2 saturated heterocycles. The third kappa shape index (κ3) is 3.18. The van der Waals surface area contributed by atoms with Crippen LogP contribution in [-0.4, -0.2) is 43.6 Å². The van der Waals surface area contributed by atoms with Crippen molar-refractivity contribution >= 4 is 23.5 Å². The fraction of sp³-hybridized carbons (Fsp3) is 0.375. The predicted octanol–water partition coefficient (Wildman–Crippen LogP) is 2.51. The molecule has 3 unspecified atom stereocenters. The number of Topliss-reactive ketones (excluding diaryl/α,β-unsaturated/α-hetero) is 1. The highest BCUT2D eigenvalue weighted by Gasteiger charge is 2.63. The van der Waals surface area contributed by atoms with Crippen molar-refractivity contribution < 1.29 is 28.7 Å². The Bertz CT molecular complexity index is 1060. The molecule has 2 aromatic rings. The maximum Gasteiger partial charge on any atom is 0.407 e. The number of anilines is 1. The number of amides is 2. The van der Waals surface area contributed by atoms with Crippen molar-refractivity contribution in [2.45, 2.75) is 37.0 Å². The van der Waals surface area contributed by atoms with Crippen LogP contribution in [0.15, 0.2) is 54.6 Å². The van der Waals surface area contributed by atoms with Crippen LogP contribution in [0.5, 0.6) is 0 Å². The molecule has 1 saturated carbocycles. The highest BCUT2D eigenvalue weighted by molar-refractivity contribution is 6.11. The molecule has 8 nitrogen and oxygen atoms in total. The van der Waals surface area contributed by atoms with Crippen LogP contribution < -0.4 is 10.4 Å². The summed E-state index contributed by atoms with van der Waals surface area (Å²) in [5, 5.41) is 4.13. The zero-order chi connectivity index (χ0) is 22.3. The maximum absolute atomic E-state index is 13.6. The lowest BCUT2D eigenvalue weighted by molar-refractivity contribution is -0.150. The molecule has 3 heterocycles. The summed E-state index contributed by atoms with van der Waals surface area (Å²) in [4.78, 5) is 44.7. The quantitative estimate of drug-likeness (QED) is 0.792. The molecule has 2 bridgehead atoms. The van der Waals surface area contributed by atoms with E-state index in [1.165, 1.54) is 12.2 Å². The Morgan fingerprint density at radius 2 is 1.91 bits per heavy atom. The Hall–Kier alpha value is -3.23. The fourth-order valence-electron chi connectivity index (χ4n) is 5.18. The van der Waals surface area contributed by atoms with E-state index < -0.39 is 23.7 Å². The number of carbonyl (C=O) groups is 3. The van der Waals surface area contributed by atoms with Gasteiger partial charge in [0.15, 0.2) is 5.78 Å².